The van der Waals surface area contributed by atoms with Crippen molar-refractivity contribution in [3.05, 3.63) is 47.8 Å². The van der Waals surface area contributed by atoms with Crippen molar-refractivity contribution in [1.82, 2.24) is 15.0 Å². The van der Waals surface area contributed by atoms with E-state index in [0.717, 1.165) is 53.1 Å². The standard InChI is InChI=1S/C24H26N4O4.C2H6/c1-30-21-5-2-17(14-18(21)15-29)20-4-3-19-23(25-20)26-22(16-6-10-31-11-7-16)27-24(19)28-8-12-32-13-9-28;1-2/h2-6,14,29H,7-13,15H2,1H3;1-2H3. The van der Waals surface area contributed by atoms with Crippen LogP contribution in [0.1, 0.15) is 31.7 Å². The van der Waals surface area contributed by atoms with Gasteiger partial charge in [-0.25, -0.2) is 15.0 Å². The molecule has 1 aromatic carbocycles. The summed E-state index contributed by atoms with van der Waals surface area (Å²) in [5, 5.41) is 10.6. The van der Waals surface area contributed by atoms with E-state index < -0.39 is 0 Å². The van der Waals surface area contributed by atoms with Crippen LogP contribution in [-0.2, 0) is 16.1 Å². The number of ether oxygens (including phenoxy) is 3. The summed E-state index contributed by atoms with van der Waals surface area (Å²) >= 11 is 0. The van der Waals surface area contributed by atoms with Gasteiger partial charge in [0.05, 0.1) is 51.2 Å². The Morgan fingerprint density at radius 1 is 1.00 bits per heavy atom. The number of anilines is 1. The largest absolute Gasteiger partial charge is 0.496 e. The van der Waals surface area contributed by atoms with Crippen molar-refractivity contribution in [2.75, 3.05) is 51.5 Å². The molecule has 0 spiro atoms. The van der Waals surface area contributed by atoms with E-state index in [1.54, 1.807) is 7.11 Å². The van der Waals surface area contributed by atoms with Crippen LogP contribution in [0.15, 0.2) is 36.4 Å². The summed E-state index contributed by atoms with van der Waals surface area (Å²) in [7, 11) is 1.60. The third-order valence-corrected chi connectivity index (χ3v) is 5.85. The molecule has 8 nitrogen and oxygen atoms in total. The molecule has 5 rings (SSSR count). The normalized spacial score (nSPS) is 16.0. The van der Waals surface area contributed by atoms with Crippen LogP contribution < -0.4 is 9.64 Å². The van der Waals surface area contributed by atoms with Gasteiger partial charge in [-0.1, -0.05) is 19.9 Å². The minimum absolute atomic E-state index is 0.103. The first-order chi connectivity index (χ1) is 16.8. The maximum Gasteiger partial charge on any atom is 0.165 e. The monoisotopic (exact) mass is 464 g/mol. The first-order valence-electron chi connectivity index (χ1n) is 11.8. The number of rotatable bonds is 5. The molecule has 8 heteroatoms. The maximum absolute atomic E-state index is 9.70. The molecule has 3 aromatic rings. The molecule has 4 heterocycles. The van der Waals surface area contributed by atoms with Crippen molar-refractivity contribution in [2.45, 2.75) is 26.9 Å². The zero-order valence-corrected chi connectivity index (χ0v) is 20.1. The molecule has 1 fully saturated rings. The van der Waals surface area contributed by atoms with E-state index in [2.05, 4.69) is 11.0 Å². The Hall–Kier alpha value is -3.07. The number of hydrogen-bond donors (Lipinski definition) is 1. The van der Waals surface area contributed by atoms with E-state index in [9.17, 15) is 5.11 Å². The Morgan fingerprint density at radius 2 is 1.82 bits per heavy atom. The lowest BCUT2D eigenvalue weighted by Gasteiger charge is -2.29. The molecule has 2 aromatic heterocycles. The number of aliphatic hydroxyl groups excluding tert-OH is 1. The minimum Gasteiger partial charge on any atom is -0.496 e. The van der Waals surface area contributed by atoms with Crippen molar-refractivity contribution in [3.63, 3.8) is 0 Å². The van der Waals surface area contributed by atoms with E-state index in [0.29, 0.717) is 43.6 Å². The van der Waals surface area contributed by atoms with Gasteiger partial charge in [-0.2, -0.15) is 0 Å². The van der Waals surface area contributed by atoms with Gasteiger partial charge in [-0.3, -0.25) is 0 Å². The van der Waals surface area contributed by atoms with Gasteiger partial charge >= 0.3 is 0 Å². The van der Waals surface area contributed by atoms with Gasteiger partial charge in [0.25, 0.3) is 0 Å². The number of hydrogen-bond acceptors (Lipinski definition) is 8. The Kier molecular flexibility index (Phi) is 8.05. The quantitative estimate of drug-likeness (QED) is 0.609. The second-order valence-corrected chi connectivity index (χ2v) is 7.78. The molecule has 1 N–H and O–H groups in total. The lowest BCUT2D eigenvalue weighted by atomic mass is 10.1. The van der Waals surface area contributed by atoms with Crippen LogP contribution in [0.5, 0.6) is 5.75 Å². The molecule has 0 amide bonds. The summed E-state index contributed by atoms with van der Waals surface area (Å²) in [4.78, 5) is 16.9. The lowest BCUT2D eigenvalue weighted by Crippen LogP contribution is -2.37. The van der Waals surface area contributed by atoms with Crippen LogP contribution >= 0.6 is 0 Å². The number of methoxy groups -OCH3 is 1. The Morgan fingerprint density at radius 3 is 2.53 bits per heavy atom. The Labute approximate surface area is 200 Å². The molecule has 0 bridgehead atoms. The average Bonchev–Trinajstić information content (AvgIpc) is 2.93. The summed E-state index contributed by atoms with van der Waals surface area (Å²) in [5.41, 5.74) is 4.15. The minimum atomic E-state index is -0.103. The van der Waals surface area contributed by atoms with Gasteiger partial charge < -0.3 is 24.2 Å². The number of fused-ring (bicyclic) bond motifs is 1. The number of benzene rings is 1. The topological polar surface area (TPSA) is 89.8 Å². The van der Waals surface area contributed by atoms with Gasteiger partial charge in [0, 0.05) is 24.2 Å². The third-order valence-electron chi connectivity index (χ3n) is 5.85. The number of pyridine rings is 1. The highest BCUT2D eigenvalue weighted by Crippen LogP contribution is 2.31. The predicted molar refractivity (Wildman–Crippen MR) is 133 cm³/mol. The molecular weight excluding hydrogens is 432 g/mol. The summed E-state index contributed by atoms with van der Waals surface area (Å²) in [6, 6.07) is 9.71. The molecular formula is C26H32N4O4. The van der Waals surface area contributed by atoms with E-state index in [1.165, 1.54) is 0 Å². The van der Waals surface area contributed by atoms with Crippen molar-refractivity contribution in [1.29, 1.82) is 0 Å². The van der Waals surface area contributed by atoms with Gasteiger partial charge in [0.1, 0.15) is 11.6 Å². The molecule has 0 unspecified atom stereocenters. The molecule has 1 saturated heterocycles. The van der Waals surface area contributed by atoms with Crippen molar-refractivity contribution in [2.24, 2.45) is 0 Å². The average molecular weight is 465 g/mol. The number of morpholine rings is 1. The molecule has 0 radical (unpaired) electrons. The Bertz CT molecular complexity index is 1160. The highest BCUT2D eigenvalue weighted by atomic mass is 16.5. The highest BCUT2D eigenvalue weighted by Gasteiger charge is 2.20. The van der Waals surface area contributed by atoms with E-state index in [1.807, 2.05) is 44.2 Å². The second-order valence-electron chi connectivity index (χ2n) is 7.78. The van der Waals surface area contributed by atoms with Gasteiger partial charge in [-0.05, 0) is 42.3 Å². The zero-order chi connectivity index (χ0) is 23.9. The molecule has 180 valence electrons. The maximum atomic E-state index is 9.70. The van der Waals surface area contributed by atoms with Gasteiger partial charge in [0.15, 0.2) is 11.5 Å². The second kappa shape index (κ2) is 11.4. The molecule has 0 saturated carbocycles. The molecule has 2 aliphatic heterocycles. The summed E-state index contributed by atoms with van der Waals surface area (Å²) in [5.74, 6) is 2.26. The highest BCUT2D eigenvalue weighted by molar-refractivity contribution is 5.90. The zero-order valence-electron chi connectivity index (χ0n) is 20.1. The van der Waals surface area contributed by atoms with Crippen molar-refractivity contribution < 1.29 is 19.3 Å². The fourth-order valence-electron chi connectivity index (χ4n) is 4.11. The fourth-order valence-corrected chi connectivity index (χ4v) is 4.11. The SMILES string of the molecule is CC.COc1ccc(-c2ccc3c(N4CCOCC4)nc(C4=CCOCC4)nc3n2)cc1CO. The Balaban J connectivity index is 0.00000133. The first-order valence-corrected chi connectivity index (χ1v) is 11.8. The summed E-state index contributed by atoms with van der Waals surface area (Å²) in [6.45, 7) is 8.07. The number of aliphatic hydroxyl groups is 1. The number of nitrogens with zero attached hydrogens (tertiary/aromatic N) is 4. The fraction of sp³-hybridized carbons (Fsp3) is 0.423. The van der Waals surface area contributed by atoms with Crippen LogP contribution in [0.3, 0.4) is 0 Å². The van der Waals surface area contributed by atoms with Crippen LogP contribution in [0, 0.1) is 0 Å². The van der Waals surface area contributed by atoms with E-state index in [4.69, 9.17) is 29.2 Å². The summed E-state index contributed by atoms with van der Waals surface area (Å²) in [6.07, 6.45) is 2.83. The number of aromatic nitrogens is 3. The molecule has 0 aliphatic carbocycles. The molecule has 0 atom stereocenters. The van der Waals surface area contributed by atoms with Crippen molar-refractivity contribution >= 4 is 22.4 Å². The first kappa shape index (κ1) is 24.1. The smallest absolute Gasteiger partial charge is 0.165 e. The van der Waals surface area contributed by atoms with Crippen LogP contribution in [0.4, 0.5) is 5.82 Å². The summed E-state index contributed by atoms with van der Waals surface area (Å²) < 4.78 is 16.3. The van der Waals surface area contributed by atoms with Crippen molar-refractivity contribution in [3.8, 4) is 17.0 Å². The lowest BCUT2D eigenvalue weighted by molar-refractivity contribution is 0.122. The van der Waals surface area contributed by atoms with Gasteiger partial charge in [0.2, 0.25) is 0 Å². The van der Waals surface area contributed by atoms with Crippen LogP contribution in [-0.4, -0.2) is 66.7 Å². The van der Waals surface area contributed by atoms with Crippen LogP contribution in [0.2, 0.25) is 0 Å². The molecule has 34 heavy (non-hydrogen) atoms. The predicted octanol–water partition coefficient (Wildman–Crippen LogP) is 3.86. The van der Waals surface area contributed by atoms with Gasteiger partial charge in [-0.15, -0.1) is 0 Å². The third kappa shape index (κ3) is 5.04. The van der Waals surface area contributed by atoms with E-state index in [-0.39, 0.29) is 6.61 Å². The van der Waals surface area contributed by atoms with Crippen LogP contribution in [0.25, 0.3) is 27.9 Å². The van der Waals surface area contributed by atoms with E-state index >= 15 is 0 Å². The molecule has 2 aliphatic rings.